The molecule has 6 nitrogen and oxygen atoms in total. The zero-order valence-corrected chi connectivity index (χ0v) is 24.1. The molecular weight excluding hydrogens is 466 g/mol. The molecule has 0 bridgehead atoms. The first-order valence-corrected chi connectivity index (χ1v) is 15.4. The van der Waals surface area contributed by atoms with Crippen molar-refractivity contribution in [1.29, 1.82) is 0 Å². The van der Waals surface area contributed by atoms with Gasteiger partial charge in [0.15, 0.2) is 0 Å². The SMILES string of the molecule is CC(C)CCC[C@@H](C)[C@H]1CC[C@H]2[C@@H]3CC4OC45C[C@@H](OCCN(O)CC(=O)O)CC[C@]5(C)[C@H]3CC[C@]12C. The summed E-state index contributed by atoms with van der Waals surface area (Å²) in [5.41, 5.74) is 0.734. The van der Waals surface area contributed by atoms with Crippen LogP contribution in [0.5, 0.6) is 0 Å². The van der Waals surface area contributed by atoms with Crippen molar-refractivity contribution < 1.29 is 24.6 Å². The van der Waals surface area contributed by atoms with E-state index in [1.807, 2.05) is 0 Å². The molecule has 2 N–H and O–H groups in total. The van der Waals surface area contributed by atoms with Crippen LogP contribution < -0.4 is 0 Å². The molecule has 0 amide bonds. The summed E-state index contributed by atoms with van der Waals surface area (Å²) in [7, 11) is 0. The number of fused-ring (bicyclic) bond motifs is 4. The summed E-state index contributed by atoms with van der Waals surface area (Å²) in [5.74, 6) is 3.97. The van der Waals surface area contributed by atoms with Gasteiger partial charge in [0.2, 0.25) is 0 Å². The molecule has 5 aliphatic rings. The minimum Gasteiger partial charge on any atom is -0.480 e. The van der Waals surface area contributed by atoms with Crippen LogP contribution in [-0.2, 0) is 14.3 Å². The van der Waals surface area contributed by atoms with E-state index in [4.69, 9.17) is 14.6 Å². The molecule has 2 unspecified atom stereocenters. The van der Waals surface area contributed by atoms with Gasteiger partial charge in [0.1, 0.15) is 12.1 Å². The lowest BCUT2D eigenvalue weighted by Crippen LogP contribution is -2.59. The fraction of sp³-hybridized carbons (Fsp3) is 0.968. The number of rotatable bonds is 11. The fourth-order valence-corrected chi connectivity index (χ4v) is 10.4. The van der Waals surface area contributed by atoms with Crippen molar-refractivity contribution in [2.45, 2.75) is 123 Å². The lowest BCUT2D eigenvalue weighted by Gasteiger charge is -2.59. The number of carboxylic acid groups (broad SMARTS) is 1. The van der Waals surface area contributed by atoms with Crippen LogP contribution in [0.25, 0.3) is 0 Å². The van der Waals surface area contributed by atoms with E-state index in [9.17, 15) is 10.0 Å². The highest BCUT2D eigenvalue weighted by Crippen LogP contribution is 2.74. The van der Waals surface area contributed by atoms with Gasteiger partial charge in [-0.1, -0.05) is 53.9 Å². The second-order valence-corrected chi connectivity index (χ2v) is 14.6. The third-order valence-electron chi connectivity index (χ3n) is 12.3. The molecule has 0 aromatic carbocycles. The Morgan fingerprint density at radius 3 is 2.59 bits per heavy atom. The number of hydrogen-bond acceptors (Lipinski definition) is 5. The maximum Gasteiger partial charge on any atom is 0.320 e. The first-order valence-electron chi connectivity index (χ1n) is 15.4. The van der Waals surface area contributed by atoms with Crippen molar-refractivity contribution >= 4 is 5.97 Å². The van der Waals surface area contributed by atoms with Gasteiger partial charge < -0.3 is 19.8 Å². The molecule has 6 heteroatoms. The summed E-state index contributed by atoms with van der Waals surface area (Å²) < 4.78 is 12.8. The van der Waals surface area contributed by atoms with E-state index >= 15 is 0 Å². The topological polar surface area (TPSA) is 82.5 Å². The third-order valence-corrected chi connectivity index (χ3v) is 12.3. The van der Waals surface area contributed by atoms with Crippen molar-refractivity contribution in [3.05, 3.63) is 0 Å². The van der Waals surface area contributed by atoms with Gasteiger partial charge in [-0.2, -0.15) is 5.06 Å². The number of epoxide rings is 1. The summed E-state index contributed by atoms with van der Waals surface area (Å²) in [6, 6.07) is 0. The van der Waals surface area contributed by atoms with Crippen LogP contribution in [0.15, 0.2) is 0 Å². The maximum absolute atomic E-state index is 10.8. The lowest BCUT2D eigenvalue weighted by atomic mass is 9.44. The van der Waals surface area contributed by atoms with E-state index in [2.05, 4.69) is 34.6 Å². The van der Waals surface area contributed by atoms with E-state index in [0.29, 0.717) is 18.1 Å². The van der Waals surface area contributed by atoms with E-state index in [0.717, 1.165) is 59.8 Å². The summed E-state index contributed by atoms with van der Waals surface area (Å²) >= 11 is 0. The predicted molar refractivity (Wildman–Crippen MR) is 143 cm³/mol. The van der Waals surface area contributed by atoms with E-state index < -0.39 is 5.97 Å². The molecule has 5 rings (SSSR count). The van der Waals surface area contributed by atoms with Gasteiger partial charge in [0.05, 0.1) is 18.8 Å². The lowest BCUT2D eigenvalue weighted by molar-refractivity contribution is -0.159. The number of hydrogen-bond donors (Lipinski definition) is 2. The maximum atomic E-state index is 10.8. The number of aliphatic carboxylic acids is 1. The Labute approximate surface area is 224 Å². The second-order valence-electron chi connectivity index (χ2n) is 14.6. The van der Waals surface area contributed by atoms with Crippen LogP contribution in [0.3, 0.4) is 0 Å². The summed E-state index contributed by atoms with van der Waals surface area (Å²) in [5, 5.41) is 19.4. The Balaban J connectivity index is 1.20. The summed E-state index contributed by atoms with van der Waals surface area (Å²) in [6.45, 7) is 12.7. The first kappa shape index (κ1) is 27.9. The number of hydroxylamine groups is 2. The summed E-state index contributed by atoms with van der Waals surface area (Å²) in [6.07, 6.45) is 14.7. The highest BCUT2D eigenvalue weighted by atomic mass is 16.6. The van der Waals surface area contributed by atoms with Gasteiger partial charge in [0, 0.05) is 18.4 Å². The van der Waals surface area contributed by atoms with E-state index in [1.54, 1.807) is 0 Å². The smallest absolute Gasteiger partial charge is 0.320 e. The average Bonchev–Trinajstić information content (AvgIpc) is 3.39. The van der Waals surface area contributed by atoms with Crippen molar-refractivity contribution in [3.63, 3.8) is 0 Å². The van der Waals surface area contributed by atoms with Crippen molar-refractivity contribution in [2.75, 3.05) is 19.7 Å². The summed E-state index contributed by atoms with van der Waals surface area (Å²) in [4.78, 5) is 10.8. The first-order chi connectivity index (χ1) is 17.5. The fourth-order valence-electron chi connectivity index (χ4n) is 10.4. The van der Waals surface area contributed by atoms with Crippen LogP contribution in [0, 0.1) is 46.3 Å². The monoisotopic (exact) mass is 519 g/mol. The normalized spacial score (nSPS) is 45.2. The third kappa shape index (κ3) is 4.91. The minimum absolute atomic E-state index is 0.0209. The van der Waals surface area contributed by atoms with Crippen LogP contribution in [0.1, 0.15) is 105 Å². The molecule has 37 heavy (non-hydrogen) atoms. The van der Waals surface area contributed by atoms with Crippen LogP contribution in [0.4, 0.5) is 0 Å². The second kappa shape index (κ2) is 10.4. The molecule has 1 saturated heterocycles. The molecule has 1 heterocycles. The number of ether oxygens (including phenoxy) is 2. The largest absolute Gasteiger partial charge is 0.480 e. The molecule has 1 aliphatic heterocycles. The number of nitrogens with zero attached hydrogens (tertiary/aromatic N) is 1. The van der Waals surface area contributed by atoms with Crippen LogP contribution >= 0.6 is 0 Å². The van der Waals surface area contributed by atoms with Crippen molar-refractivity contribution in [3.8, 4) is 0 Å². The quantitative estimate of drug-likeness (QED) is 0.243. The zero-order chi connectivity index (χ0) is 26.6. The number of carboxylic acids is 1. The van der Waals surface area contributed by atoms with Crippen molar-refractivity contribution in [1.82, 2.24) is 5.06 Å². The van der Waals surface area contributed by atoms with Crippen LogP contribution in [0.2, 0.25) is 0 Å². The Bertz CT molecular complexity index is 834. The Morgan fingerprint density at radius 2 is 1.86 bits per heavy atom. The molecular formula is C31H53NO5. The molecule has 4 saturated carbocycles. The Morgan fingerprint density at radius 1 is 1.08 bits per heavy atom. The highest BCUT2D eigenvalue weighted by Gasteiger charge is 2.76. The van der Waals surface area contributed by atoms with Gasteiger partial charge in [-0.15, -0.1) is 0 Å². The van der Waals surface area contributed by atoms with E-state index in [1.165, 1.54) is 51.4 Å². The Kier molecular flexibility index (Phi) is 7.81. The molecule has 1 spiro atoms. The molecule has 0 aromatic rings. The zero-order valence-electron chi connectivity index (χ0n) is 24.1. The van der Waals surface area contributed by atoms with Crippen molar-refractivity contribution in [2.24, 2.45) is 46.3 Å². The molecule has 10 atom stereocenters. The molecule has 0 aromatic heterocycles. The van der Waals surface area contributed by atoms with Gasteiger partial charge in [-0.3, -0.25) is 4.79 Å². The van der Waals surface area contributed by atoms with Gasteiger partial charge in [-0.25, -0.2) is 0 Å². The molecule has 0 radical (unpaired) electrons. The number of carbonyl (C=O) groups is 1. The molecule has 5 fully saturated rings. The molecule has 4 aliphatic carbocycles. The van der Waals surface area contributed by atoms with Gasteiger partial charge in [-0.05, 0) is 85.9 Å². The predicted octanol–water partition coefficient (Wildman–Crippen LogP) is 6.40. The van der Waals surface area contributed by atoms with Gasteiger partial charge in [0.25, 0.3) is 0 Å². The van der Waals surface area contributed by atoms with Crippen LogP contribution in [-0.4, -0.2) is 58.9 Å². The van der Waals surface area contributed by atoms with E-state index in [-0.39, 0.29) is 30.2 Å². The highest BCUT2D eigenvalue weighted by molar-refractivity contribution is 5.68. The minimum atomic E-state index is -1.03. The molecule has 212 valence electrons. The Hall–Kier alpha value is -0.690. The standard InChI is InChI=1S/C31H53NO5/c1-20(2)7-6-8-21(3)24-9-10-25-23-17-27-31(37-27)18-22(36-16-15-32(35)19-28(33)34)11-14-30(31,5)26(23)12-13-29(24,25)4/h20-27,35H,6-19H2,1-5H3,(H,33,34)/t21-,22+,23+,24-,25+,26+,27?,29-,30-,31?/m1/s1. The average molecular weight is 520 g/mol. The van der Waals surface area contributed by atoms with Gasteiger partial charge >= 0.3 is 5.97 Å².